The fourth-order valence-corrected chi connectivity index (χ4v) is 2.61. The first-order valence-electron chi connectivity index (χ1n) is 6.59. The Bertz CT molecular complexity index is 266. The molecule has 2 aliphatic rings. The van der Waals surface area contributed by atoms with Crippen molar-refractivity contribution in [3.05, 3.63) is 0 Å². The van der Waals surface area contributed by atoms with Gasteiger partial charge < -0.3 is 20.3 Å². The van der Waals surface area contributed by atoms with Gasteiger partial charge in [0.25, 0.3) is 0 Å². The highest BCUT2D eigenvalue weighted by Crippen LogP contribution is 2.19. The van der Waals surface area contributed by atoms with Crippen LogP contribution in [0.1, 0.15) is 19.8 Å². The SMILES string of the molecule is CCC1CN(C(=O)N2CCOCC2)CCC1N. The van der Waals surface area contributed by atoms with Crippen LogP contribution in [0.4, 0.5) is 4.79 Å². The zero-order chi connectivity index (χ0) is 12.3. The number of nitrogens with zero attached hydrogens (tertiary/aromatic N) is 2. The van der Waals surface area contributed by atoms with E-state index in [2.05, 4.69) is 6.92 Å². The zero-order valence-electron chi connectivity index (χ0n) is 10.6. The van der Waals surface area contributed by atoms with Crippen molar-refractivity contribution in [1.29, 1.82) is 0 Å². The summed E-state index contributed by atoms with van der Waals surface area (Å²) in [5, 5.41) is 0. The van der Waals surface area contributed by atoms with Crippen molar-refractivity contribution in [1.82, 2.24) is 9.80 Å². The molecule has 2 atom stereocenters. The van der Waals surface area contributed by atoms with Crippen LogP contribution in [-0.4, -0.2) is 61.3 Å². The predicted molar refractivity (Wildman–Crippen MR) is 65.7 cm³/mol. The smallest absolute Gasteiger partial charge is 0.320 e. The molecule has 2 saturated heterocycles. The first-order valence-corrected chi connectivity index (χ1v) is 6.59. The van der Waals surface area contributed by atoms with E-state index in [-0.39, 0.29) is 12.1 Å². The largest absolute Gasteiger partial charge is 0.378 e. The third kappa shape index (κ3) is 2.90. The second-order valence-corrected chi connectivity index (χ2v) is 4.95. The molecule has 2 heterocycles. The van der Waals surface area contributed by atoms with Gasteiger partial charge in [-0.15, -0.1) is 0 Å². The number of amides is 2. The molecule has 5 heteroatoms. The van der Waals surface area contributed by atoms with Crippen LogP contribution < -0.4 is 5.73 Å². The van der Waals surface area contributed by atoms with Crippen molar-refractivity contribution >= 4 is 6.03 Å². The first-order chi connectivity index (χ1) is 8.22. The summed E-state index contributed by atoms with van der Waals surface area (Å²) in [6.07, 6.45) is 1.97. The fraction of sp³-hybridized carbons (Fsp3) is 0.917. The number of hydrogen-bond acceptors (Lipinski definition) is 3. The lowest BCUT2D eigenvalue weighted by Crippen LogP contribution is -2.54. The van der Waals surface area contributed by atoms with Crippen LogP contribution >= 0.6 is 0 Å². The molecule has 2 fully saturated rings. The van der Waals surface area contributed by atoms with Gasteiger partial charge in [-0.25, -0.2) is 4.79 Å². The standard InChI is InChI=1S/C12H23N3O2/c1-2-10-9-15(4-3-11(10)13)12(16)14-5-7-17-8-6-14/h10-11H,2-9,13H2,1H3. The Hall–Kier alpha value is -0.810. The topological polar surface area (TPSA) is 58.8 Å². The summed E-state index contributed by atoms with van der Waals surface area (Å²) in [7, 11) is 0. The Balaban J connectivity index is 1.90. The molecule has 2 aliphatic heterocycles. The summed E-state index contributed by atoms with van der Waals surface area (Å²) in [6, 6.07) is 0.424. The Morgan fingerprint density at radius 3 is 2.65 bits per heavy atom. The van der Waals surface area contributed by atoms with E-state index < -0.39 is 0 Å². The Morgan fingerprint density at radius 2 is 2.00 bits per heavy atom. The first kappa shape index (κ1) is 12.6. The van der Waals surface area contributed by atoms with Crippen molar-refractivity contribution in [2.45, 2.75) is 25.8 Å². The molecule has 2 amide bonds. The van der Waals surface area contributed by atoms with Gasteiger partial charge in [0.1, 0.15) is 0 Å². The number of piperidine rings is 1. The number of urea groups is 1. The lowest BCUT2D eigenvalue weighted by molar-refractivity contribution is 0.0380. The predicted octanol–water partition coefficient (Wildman–Crippen LogP) is 0.498. The third-order valence-corrected chi connectivity index (χ3v) is 3.87. The van der Waals surface area contributed by atoms with Gasteiger partial charge in [0, 0.05) is 32.2 Å². The van der Waals surface area contributed by atoms with Crippen molar-refractivity contribution in [2.75, 3.05) is 39.4 Å². The molecule has 0 aliphatic carbocycles. The average Bonchev–Trinajstić information content (AvgIpc) is 2.39. The maximum atomic E-state index is 12.3. The van der Waals surface area contributed by atoms with Crippen LogP contribution in [0, 0.1) is 5.92 Å². The molecule has 0 spiro atoms. The number of hydrogen-bond donors (Lipinski definition) is 1. The monoisotopic (exact) mass is 241 g/mol. The van der Waals surface area contributed by atoms with Gasteiger partial charge in [-0.2, -0.15) is 0 Å². The Morgan fingerprint density at radius 1 is 1.29 bits per heavy atom. The molecular weight excluding hydrogens is 218 g/mol. The van der Waals surface area contributed by atoms with Gasteiger partial charge >= 0.3 is 6.03 Å². The minimum atomic E-state index is 0.165. The van der Waals surface area contributed by atoms with Gasteiger partial charge in [0.05, 0.1) is 13.2 Å². The van der Waals surface area contributed by atoms with Crippen molar-refractivity contribution in [3.8, 4) is 0 Å². The highest BCUT2D eigenvalue weighted by molar-refractivity contribution is 5.74. The van der Waals surface area contributed by atoms with E-state index >= 15 is 0 Å². The van der Waals surface area contributed by atoms with E-state index in [1.807, 2.05) is 9.80 Å². The number of carbonyl (C=O) groups is 1. The molecule has 0 saturated carbocycles. The van der Waals surface area contributed by atoms with Gasteiger partial charge in [-0.1, -0.05) is 13.3 Å². The highest BCUT2D eigenvalue weighted by atomic mass is 16.5. The number of likely N-dealkylation sites (tertiary alicyclic amines) is 1. The highest BCUT2D eigenvalue weighted by Gasteiger charge is 2.30. The van der Waals surface area contributed by atoms with E-state index in [4.69, 9.17) is 10.5 Å². The van der Waals surface area contributed by atoms with Crippen molar-refractivity contribution in [2.24, 2.45) is 11.7 Å². The van der Waals surface area contributed by atoms with Crippen LogP contribution in [0.3, 0.4) is 0 Å². The Kier molecular flexibility index (Phi) is 4.23. The summed E-state index contributed by atoms with van der Waals surface area (Å²) in [4.78, 5) is 16.1. The molecule has 2 rings (SSSR count). The molecule has 5 nitrogen and oxygen atoms in total. The number of rotatable bonds is 1. The van der Waals surface area contributed by atoms with Crippen molar-refractivity contribution < 1.29 is 9.53 Å². The number of ether oxygens (including phenoxy) is 1. The molecule has 2 N–H and O–H groups in total. The molecule has 0 aromatic carbocycles. The quantitative estimate of drug-likeness (QED) is 0.727. The van der Waals surface area contributed by atoms with Crippen LogP contribution in [0.15, 0.2) is 0 Å². The second kappa shape index (κ2) is 5.69. The minimum absolute atomic E-state index is 0.165. The van der Waals surface area contributed by atoms with Crippen LogP contribution in [0.2, 0.25) is 0 Å². The van der Waals surface area contributed by atoms with Gasteiger partial charge in [-0.05, 0) is 12.3 Å². The van der Waals surface area contributed by atoms with E-state index in [1.165, 1.54) is 0 Å². The fourth-order valence-electron chi connectivity index (χ4n) is 2.61. The number of morpholine rings is 1. The van der Waals surface area contributed by atoms with Crippen LogP contribution in [-0.2, 0) is 4.74 Å². The molecule has 0 radical (unpaired) electrons. The minimum Gasteiger partial charge on any atom is -0.378 e. The zero-order valence-corrected chi connectivity index (χ0v) is 10.6. The summed E-state index contributed by atoms with van der Waals surface area (Å²) in [6.45, 7) is 6.53. The molecular formula is C12H23N3O2. The number of carbonyl (C=O) groups excluding carboxylic acids is 1. The summed E-state index contributed by atoms with van der Waals surface area (Å²) in [5.41, 5.74) is 6.06. The van der Waals surface area contributed by atoms with Crippen LogP contribution in [0.25, 0.3) is 0 Å². The summed E-state index contributed by atoms with van der Waals surface area (Å²) in [5.74, 6) is 0.453. The van der Waals surface area contributed by atoms with E-state index in [0.717, 1.165) is 39.0 Å². The molecule has 0 aromatic rings. The van der Waals surface area contributed by atoms with E-state index in [0.29, 0.717) is 19.1 Å². The van der Waals surface area contributed by atoms with E-state index in [9.17, 15) is 4.79 Å². The second-order valence-electron chi connectivity index (χ2n) is 4.95. The molecule has 98 valence electrons. The van der Waals surface area contributed by atoms with Crippen molar-refractivity contribution in [3.63, 3.8) is 0 Å². The lowest BCUT2D eigenvalue weighted by atomic mass is 9.91. The van der Waals surface area contributed by atoms with Gasteiger partial charge in [-0.3, -0.25) is 0 Å². The van der Waals surface area contributed by atoms with Crippen LogP contribution in [0.5, 0.6) is 0 Å². The molecule has 0 bridgehead atoms. The molecule has 2 unspecified atom stereocenters. The van der Waals surface area contributed by atoms with E-state index in [1.54, 1.807) is 0 Å². The third-order valence-electron chi connectivity index (χ3n) is 3.87. The normalized spacial score (nSPS) is 30.5. The molecule has 0 aromatic heterocycles. The van der Waals surface area contributed by atoms with Gasteiger partial charge in [0.15, 0.2) is 0 Å². The maximum Gasteiger partial charge on any atom is 0.320 e. The number of nitrogens with two attached hydrogens (primary N) is 1. The molecule has 17 heavy (non-hydrogen) atoms. The maximum absolute atomic E-state index is 12.3. The summed E-state index contributed by atoms with van der Waals surface area (Å²) < 4.78 is 5.26. The summed E-state index contributed by atoms with van der Waals surface area (Å²) >= 11 is 0. The average molecular weight is 241 g/mol. The van der Waals surface area contributed by atoms with Gasteiger partial charge in [0.2, 0.25) is 0 Å². The lowest BCUT2D eigenvalue weighted by Gasteiger charge is -2.39. The Labute approximate surface area is 103 Å².